The SMILES string of the molecule is Cc1ccc(NC(=S)Nc2c(C)nn(Cc3ccccc3Cl)c2C)c(C)c1. The molecule has 0 atom stereocenters. The summed E-state index contributed by atoms with van der Waals surface area (Å²) in [5.41, 5.74) is 7.24. The average Bonchev–Trinajstić information content (AvgIpc) is 2.87. The number of anilines is 2. The van der Waals surface area contributed by atoms with Gasteiger partial charge in [0.1, 0.15) is 0 Å². The Morgan fingerprint density at radius 2 is 1.81 bits per heavy atom. The van der Waals surface area contributed by atoms with E-state index in [0.29, 0.717) is 11.7 Å². The molecule has 0 bridgehead atoms. The minimum atomic E-state index is 0.547. The van der Waals surface area contributed by atoms with Gasteiger partial charge in [0, 0.05) is 10.7 Å². The Balaban J connectivity index is 1.76. The van der Waals surface area contributed by atoms with E-state index in [2.05, 4.69) is 41.7 Å². The van der Waals surface area contributed by atoms with Gasteiger partial charge < -0.3 is 10.6 Å². The first-order valence-electron chi connectivity index (χ1n) is 8.78. The van der Waals surface area contributed by atoms with Crippen molar-refractivity contribution in [1.82, 2.24) is 9.78 Å². The third kappa shape index (κ3) is 4.49. The second-order valence-corrected chi connectivity index (χ2v) is 7.51. The molecule has 140 valence electrons. The quantitative estimate of drug-likeness (QED) is 0.559. The third-order valence-electron chi connectivity index (χ3n) is 4.53. The number of halogens is 1. The van der Waals surface area contributed by atoms with Crippen molar-refractivity contribution in [3.63, 3.8) is 0 Å². The van der Waals surface area contributed by atoms with Crippen LogP contribution < -0.4 is 10.6 Å². The van der Waals surface area contributed by atoms with Crippen LogP contribution in [0, 0.1) is 27.7 Å². The maximum Gasteiger partial charge on any atom is 0.175 e. The van der Waals surface area contributed by atoms with Crippen molar-refractivity contribution in [2.75, 3.05) is 10.6 Å². The molecule has 4 nitrogen and oxygen atoms in total. The number of nitrogens with zero attached hydrogens (tertiary/aromatic N) is 2. The predicted octanol–water partition coefficient (Wildman–Crippen LogP) is 5.63. The van der Waals surface area contributed by atoms with Gasteiger partial charge in [0.05, 0.1) is 23.6 Å². The number of hydrogen-bond acceptors (Lipinski definition) is 2. The first kappa shape index (κ1) is 19.4. The van der Waals surface area contributed by atoms with E-state index in [0.717, 1.165) is 38.9 Å². The number of rotatable bonds is 4. The van der Waals surface area contributed by atoms with E-state index in [-0.39, 0.29) is 0 Å². The van der Waals surface area contributed by atoms with Gasteiger partial charge in [-0.1, -0.05) is 47.5 Å². The molecule has 3 aromatic rings. The van der Waals surface area contributed by atoms with Crippen LogP contribution in [0.4, 0.5) is 11.4 Å². The maximum atomic E-state index is 6.29. The summed E-state index contributed by atoms with van der Waals surface area (Å²) < 4.78 is 1.94. The maximum absolute atomic E-state index is 6.29. The lowest BCUT2D eigenvalue weighted by atomic mass is 10.1. The summed E-state index contributed by atoms with van der Waals surface area (Å²) in [6.45, 7) is 8.76. The van der Waals surface area contributed by atoms with E-state index < -0.39 is 0 Å². The Morgan fingerprint density at radius 1 is 1.07 bits per heavy atom. The Bertz CT molecular complexity index is 994. The summed E-state index contributed by atoms with van der Waals surface area (Å²) in [4.78, 5) is 0. The highest BCUT2D eigenvalue weighted by atomic mass is 35.5. The third-order valence-corrected chi connectivity index (χ3v) is 5.10. The molecule has 0 spiro atoms. The van der Waals surface area contributed by atoms with Gasteiger partial charge in [-0.05, 0) is 63.2 Å². The van der Waals surface area contributed by atoms with Gasteiger partial charge in [-0.3, -0.25) is 4.68 Å². The lowest BCUT2D eigenvalue weighted by Crippen LogP contribution is -2.20. The van der Waals surface area contributed by atoms with Crippen molar-refractivity contribution in [2.24, 2.45) is 0 Å². The van der Waals surface area contributed by atoms with E-state index in [1.165, 1.54) is 5.56 Å². The highest BCUT2D eigenvalue weighted by molar-refractivity contribution is 7.80. The summed E-state index contributed by atoms with van der Waals surface area (Å²) in [6, 6.07) is 14.0. The van der Waals surface area contributed by atoms with E-state index >= 15 is 0 Å². The molecule has 27 heavy (non-hydrogen) atoms. The highest BCUT2D eigenvalue weighted by Crippen LogP contribution is 2.23. The largest absolute Gasteiger partial charge is 0.332 e. The fraction of sp³-hybridized carbons (Fsp3) is 0.238. The molecular formula is C21H23ClN4S. The number of aromatic nitrogens is 2. The molecule has 1 aromatic heterocycles. The van der Waals surface area contributed by atoms with Crippen LogP contribution in [0.15, 0.2) is 42.5 Å². The summed E-state index contributed by atoms with van der Waals surface area (Å²) in [6.07, 6.45) is 0. The van der Waals surface area contributed by atoms with Gasteiger partial charge in [-0.2, -0.15) is 5.10 Å². The molecule has 0 saturated heterocycles. The van der Waals surface area contributed by atoms with Crippen LogP contribution in [0.5, 0.6) is 0 Å². The fourth-order valence-corrected chi connectivity index (χ4v) is 3.45. The van der Waals surface area contributed by atoms with Crippen molar-refractivity contribution in [3.05, 3.63) is 75.6 Å². The molecule has 0 aliphatic carbocycles. The van der Waals surface area contributed by atoms with Gasteiger partial charge in [0.2, 0.25) is 0 Å². The molecule has 0 saturated carbocycles. The van der Waals surface area contributed by atoms with Crippen molar-refractivity contribution in [2.45, 2.75) is 34.2 Å². The van der Waals surface area contributed by atoms with E-state index in [1.54, 1.807) is 0 Å². The van der Waals surface area contributed by atoms with Gasteiger partial charge >= 0.3 is 0 Å². The number of nitrogens with one attached hydrogen (secondary N) is 2. The smallest absolute Gasteiger partial charge is 0.175 e. The molecular weight excluding hydrogens is 376 g/mol. The van der Waals surface area contributed by atoms with Crippen LogP contribution in [-0.4, -0.2) is 14.9 Å². The van der Waals surface area contributed by atoms with E-state index in [1.807, 2.05) is 48.9 Å². The van der Waals surface area contributed by atoms with Gasteiger partial charge in [0.15, 0.2) is 5.11 Å². The van der Waals surface area contributed by atoms with Gasteiger partial charge in [-0.25, -0.2) is 0 Å². The number of benzene rings is 2. The molecule has 0 aliphatic rings. The van der Waals surface area contributed by atoms with Crippen molar-refractivity contribution in [1.29, 1.82) is 0 Å². The minimum Gasteiger partial charge on any atom is -0.332 e. The first-order chi connectivity index (χ1) is 12.8. The molecule has 0 radical (unpaired) electrons. The van der Waals surface area contributed by atoms with Crippen LogP contribution in [0.25, 0.3) is 0 Å². The monoisotopic (exact) mass is 398 g/mol. The molecule has 0 amide bonds. The Kier molecular flexibility index (Phi) is 5.82. The Morgan fingerprint density at radius 3 is 2.52 bits per heavy atom. The summed E-state index contributed by atoms with van der Waals surface area (Å²) in [7, 11) is 0. The Hall–Kier alpha value is -2.37. The van der Waals surface area contributed by atoms with E-state index in [9.17, 15) is 0 Å². The summed E-state index contributed by atoms with van der Waals surface area (Å²) in [5.74, 6) is 0. The van der Waals surface area contributed by atoms with Crippen molar-refractivity contribution in [3.8, 4) is 0 Å². The number of thiocarbonyl (C=S) groups is 1. The van der Waals surface area contributed by atoms with E-state index in [4.69, 9.17) is 23.8 Å². The Labute approximate surface area is 170 Å². The lowest BCUT2D eigenvalue weighted by Gasteiger charge is -2.13. The van der Waals surface area contributed by atoms with Crippen LogP contribution in [0.1, 0.15) is 28.1 Å². The number of aryl methyl sites for hydroxylation is 3. The zero-order valence-corrected chi connectivity index (χ0v) is 17.5. The predicted molar refractivity (Wildman–Crippen MR) is 118 cm³/mol. The first-order valence-corrected chi connectivity index (χ1v) is 9.56. The standard InChI is InChI=1S/C21H23ClN4S/c1-13-9-10-19(14(2)11-13)23-21(27)24-20-15(3)25-26(16(20)4)12-17-7-5-6-8-18(17)22/h5-11H,12H2,1-4H3,(H2,23,24,27). The molecule has 0 fully saturated rings. The zero-order chi connectivity index (χ0) is 19.6. The van der Waals surface area contributed by atoms with Crippen LogP contribution in [0.2, 0.25) is 5.02 Å². The normalized spacial score (nSPS) is 10.7. The van der Waals surface area contributed by atoms with Crippen molar-refractivity contribution >= 4 is 40.3 Å². The fourth-order valence-electron chi connectivity index (χ4n) is 3.04. The molecule has 0 aliphatic heterocycles. The second-order valence-electron chi connectivity index (χ2n) is 6.69. The lowest BCUT2D eigenvalue weighted by molar-refractivity contribution is 0.659. The topological polar surface area (TPSA) is 41.9 Å². The van der Waals surface area contributed by atoms with Crippen LogP contribution in [0.3, 0.4) is 0 Å². The highest BCUT2D eigenvalue weighted by Gasteiger charge is 2.14. The van der Waals surface area contributed by atoms with Crippen LogP contribution >= 0.6 is 23.8 Å². The molecule has 0 unspecified atom stereocenters. The molecule has 1 heterocycles. The summed E-state index contributed by atoms with van der Waals surface area (Å²) >= 11 is 11.8. The molecule has 2 N–H and O–H groups in total. The molecule has 2 aromatic carbocycles. The minimum absolute atomic E-state index is 0.547. The van der Waals surface area contributed by atoms with Gasteiger partial charge in [-0.15, -0.1) is 0 Å². The zero-order valence-electron chi connectivity index (χ0n) is 15.9. The molecule has 3 rings (SSSR count). The second kappa shape index (κ2) is 8.11. The van der Waals surface area contributed by atoms with Gasteiger partial charge in [0.25, 0.3) is 0 Å². The number of hydrogen-bond donors (Lipinski definition) is 2. The molecule has 6 heteroatoms. The summed E-state index contributed by atoms with van der Waals surface area (Å²) in [5, 5.41) is 12.5. The average molecular weight is 399 g/mol. The van der Waals surface area contributed by atoms with Crippen molar-refractivity contribution < 1.29 is 0 Å². The van der Waals surface area contributed by atoms with Crippen LogP contribution in [-0.2, 0) is 6.54 Å².